The molecule has 0 bridgehead atoms. The topological polar surface area (TPSA) is 67.6 Å². The molecule has 1 N–H and O–H groups in total. The number of pyridine rings is 1. The molecule has 0 amide bonds. The molecule has 204 valence electrons. The average molecular weight is 533 g/mol. The number of fused-ring (bicyclic) bond motifs is 2. The first-order chi connectivity index (χ1) is 19.6. The molecule has 0 unspecified atom stereocenters. The van der Waals surface area contributed by atoms with Crippen LogP contribution in [0.5, 0.6) is 5.88 Å². The Labute approximate surface area is 235 Å². The smallest absolute Gasteiger partial charge is 0.237 e. The highest BCUT2D eigenvalue weighted by atomic mass is 16.5. The lowest BCUT2D eigenvalue weighted by Gasteiger charge is -2.31. The molecular formula is C33H36N6O. The summed E-state index contributed by atoms with van der Waals surface area (Å²) in [4.78, 5) is 17.4. The molecule has 1 fully saturated rings. The average Bonchev–Trinajstić information content (AvgIpc) is 2.98. The Morgan fingerprint density at radius 3 is 2.50 bits per heavy atom. The van der Waals surface area contributed by atoms with Gasteiger partial charge in [-0.05, 0) is 67.3 Å². The van der Waals surface area contributed by atoms with Gasteiger partial charge >= 0.3 is 0 Å². The van der Waals surface area contributed by atoms with Crippen molar-refractivity contribution in [2.75, 3.05) is 32.1 Å². The molecule has 3 aliphatic rings. The maximum absolute atomic E-state index is 5.54. The fraction of sp³-hybridized carbons (Fsp3) is 0.303. The number of nitrogens with one attached hydrogen (secondary N) is 1. The third-order valence-electron chi connectivity index (χ3n) is 7.45. The maximum atomic E-state index is 5.54. The summed E-state index contributed by atoms with van der Waals surface area (Å²) in [6.07, 6.45) is 3.83. The van der Waals surface area contributed by atoms with Crippen LogP contribution in [0, 0.1) is 5.92 Å². The highest BCUT2D eigenvalue weighted by molar-refractivity contribution is 5.84. The lowest BCUT2D eigenvalue weighted by Crippen LogP contribution is -2.38. The second kappa shape index (κ2) is 11.5. The van der Waals surface area contributed by atoms with Crippen LogP contribution in [-0.2, 0) is 0 Å². The van der Waals surface area contributed by atoms with Crippen molar-refractivity contribution in [1.29, 1.82) is 0 Å². The van der Waals surface area contributed by atoms with E-state index in [4.69, 9.17) is 14.7 Å². The number of methoxy groups -OCH3 is 1. The van der Waals surface area contributed by atoms with Gasteiger partial charge in [-0.2, -0.15) is 0 Å². The predicted octanol–water partition coefficient (Wildman–Crippen LogP) is 6.30. The summed E-state index contributed by atoms with van der Waals surface area (Å²) in [5.74, 6) is 1.22. The first-order valence-corrected chi connectivity index (χ1v) is 14.1. The van der Waals surface area contributed by atoms with Gasteiger partial charge in [0.1, 0.15) is 5.69 Å². The number of anilines is 2. The second-order valence-corrected chi connectivity index (χ2v) is 10.9. The van der Waals surface area contributed by atoms with Gasteiger partial charge in [0.05, 0.1) is 46.6 Å². The Kier molecular flexibility index (Phi) is 7.47. The Morgan fingerprint density at radius 2 is 1.73 bits per heavy atom. The maximum Gasteiger partial charge on any atom is 0.237 e. The summed E-state index contributed by atoms with van der Waals surface area (Å²) in [5.41, 5.74) is 6.68. The molecule has 0 radical (unpaired) electrons. The van der Waals surface area contributed by atoms with Crippen molar-refractivity contribution in [3.63, 3.8) is 0 Å². The number of aromatic nitrogens is 3. The number of nitrogens with zero attached hydrogens (tertiary/aromatic N) is 5. The van der Waals surface area contributed by atoms with E-state index in [9.17, 15) is 0 Å². The van der Waals surface area contributed by atoms with Crippen LogP contribution in [0.2, 0.25) is 0 Å². The molecular weight excluding hydrogens is 496 g/mol. The van der Waals surface area contributed by atoms with Crippen molar-refractivity contribution in [1.82, 2.24) is 19.4 Å². The summed E-state index contributed by atoms with van der Waals surface area (Å²) < 4.78 is 7.83. The van der Waals surface area contributed by atoms with Crippen molar-refractivity contribution in [2.45, 2.75) is 32.7 Å². The summed E-state index contributed by atoms with van der Waals surface area (Å²) in [5, 5.41) is 4.49. The molecule has 1 saturated heterocycles. The van der Waals surface area contributed by atoms with Crippen LogP contribution < -0.4 is 15.4 Å². The molecule has 1 aliphatic carbocycles. The molecule has 40 heavy (non-hydrogen) atoms. The van der Waals surface area contributed by atoms with E-state index in [0.717, 1.165) is 77.3 Å². The largest absolute Gasteiger partial charge is 0.480 e. The second-order valence-electron chi connectivity index (χ2n) is 10.9. The number of likely N-dealkylation sites (tertiary alicyclic amines) is 1. The van der Waals surface area contributed by atoms with E-state index in [2.05, 4.69) is 88.2 Å². The van der Waals surface area contributed by atoms with Crippen molar-refractivity contribution in [3.8, 4) is 23.0 Å². The van der Waals surface area contributed by atoms with Gasteiger partial charge in [-0.15, -0.1) is 0 Å². The molecule has 1 aromatic heterocycles. The zero-order valence-electron chi connectivity index (χ0n) is 23.4. The molecule has 2 aliphatic heterocycles. The van der Waals surface area contributed by atoms with Crippen molar-refractivity contribution in [3.05, 3.63) is 90.4 Å². The minimum Gasteiger partial charge on any atom is -0.480 e. The monoisotopic (exact) mass is 532 g/mol. The molecule has 0 spiro atoms. The first-order valence-electron chi connectivity index (χ1n) is 14.1. The van der Waals surface area contributed by atoms with Gasteiger partial charge in [-0.3, -0.25) is 4.99 Å². The van der Waals surface area contributed by atoms with Gasteiger partial charge in [0.25, 0.3) is 0 Å². The quantitative estimate of drug-likeness (QED) is 0.249. The van der Waals surface area contributed by atoms with Crippen molar-refractivity contribution < 1.29 is 4.74 Å². The zero-order chi connectivity index (χ0) is 27.5. The summed E-state index contributed by atoms with van der Waals surface area (Å²) >= 11 is 0. The van der Waals surface area contributed by atoms with Crippen LogP contribution in [0.25, 0.3) is 28.1 Å². The number of benzene rings is 3. The molecule has 7 nitrogen and oxygen atoms in total. The zero-order valence-corrected chi connectivity index (χ0v) is 23.4. The van der Waals surface area contributed by atoms with E-state index >= 15 is 0 Å². The van der Waals surface area contributed by atoms with Crippen LogP contribution in [0.15, 0.2) is 90.1 Å². The molecule has 3 heterocycles. The summed E-state index contributed by atoms with van der Waals surface area (Å²) in [6, 6.07) is 27.2. The van der Waals surface area contributed by atoms with Crippen molar-refractivity contribution in [2.24, 2.45) is 10.9 Å². The number of para-hydroxylation sites is 3. The molecule has 7 heteroatoms. The molecule has 0 saturated carbocycles. The third kappa shape index (κ3) is 5.42. The number of hydrogen-bond acceptors (Lipinski definition) is 6. The summed E-state index contributed by atoms with van der Waals surface area (Å²) in [7, 11) is 1.64. The van der Waals surface area contributed by atoms with Crippen LogP contribution in [0.4, 0.5) is 11.4 Å². The highest BCUT2D eigenvalue weighted by Crippen LogP contribution is 2.31. The Bertz CT molecular complexity index is 1640. The standard InChI is InChI=1S/C33H36N6O/c1-23(2)22-38-18-15-24(16-19-38)35-29-21-32-30(20-28(29)37-27-13-9-17-34-33(27)40-3)36-26-12-7-8-14-31(26)39(32)25-10-5-4-6-11-25/h4-14,17,20-21,23-24,37H,15-16,18-19,22H2,1-3H3/b35-29+. The van der Waals surface area contributed by atoms with E-state index in [-0.39, 0.29) is 6.04 Å². The van der Waals surface area contributed by atoms with Crippen LogP contribution >= 0.6 is 0 Å². The van der Waals surface area contributed by atoms with Crippen LogP contribution in [0.3, 0.4) is 0 Å². The van der Waals surface area contributed by atoms with E-state index in [1.54, 1.807) is 13.3 Å². The van der Waals surface area contributed by atoms with Gasteiger partial charge in [-0.25, -0.2) is 9.97 Å². The van der Waals surface area contributed by atoms with E-state index < -0.39 is 0 Å². The minimum atomic E-state index is 0.260. The SMILES string of the molecule is COc1ncccc1Nc1cc2nc3ccccc3n(-c3ccccc3)c-2c/c1=N\C1CCN(CC(C)C)CC1. The molecule has 0 atom stereocenters. The van der Waals surface area contributed by atoms with Gasteiger partial charge < -0.3 is 19.5 Å². The molecule has 2 aromatic carbocycles. The van der Waals surface area contributed by atoms with Gasteiger partial charge in [-0.1, -0.05) is 44.2 Å². The molecule has 3 aromatic rings. The van der Waals surface area contributed by atoms with Crippen LogP contribution in [-0.4, -0.2) is 52.2 Å². The van der Waals surface area contributed by atoms with E-state index in [0.29, 0.717) is 11.8 Å². The number of ether oxygens (including phenoxy) is 1. The Morgan fingerprint density at radius 1 is 0.950 bits per heavy atom. The normalized spacial score (nSPS) is 15.2. The van der Waals surface area contributed by atoms with E-state index in [1.807, 2.05) is 24.3 Å². The lowest BCUT2D eigenvalue weighted by molar-refractivity contribution is 0.192. The highest BCUT2D eigenvalue weighted by Gasteiger charge is 2.21. The van der Waals surface area contributed by atoms with E-state index in [1.165, 1.54) is 0 Å². The van der Waals surface area contributed by atoms with Gasteiger partial charge in [0.2, 0.25) is 5.88 Å². The molecule has 6 rings (SSSR count). The number of hydrogen-bond donors (Lipinski definition) is 1. The summed E-state index contributed by atoms with van der Waals surface area (Å²) in [6.45, 7) is 7.88. The predicted molar refractivity (Wildman–Crippen MR) is 162 cm³/mol. The van der Waals surface area contributed by atoms with Crippen LogP contribution in [0.1, 0.15) is 26.7 Å². The first kappa shape index (κ1) is 26.0. The number of rotatable bonds is 7. The minimum absolute atomic E-state index is 0.260. The Hall–Kier alpha value is -4.23. The fourth-order valence-electron chi connectivity index (χ4n) is 5.64. The fourth-order valence-corrected chi connectivity index (χ4v) is 5.64. The Balaban J connectivity index is 1.52. The third-order valence-corrected chi connectivity index (χ3v) is 7.45. The van der Waals surface area contributed by atoms with Gasteiger partial charge in [0.15, 0.2) is 0 Å². The number of piperidine rings is 1. The van der Waals surface area contributed by atoms with Crippen molar-refractivity contribution >= 4 is 22.4 Å². The van der Waals surface area contributed by atoms with Gasteiger partial charge in [0, 0.05) is 31.5 Å². The lowest BCUT2D eigenvalue weighted by atomic mass is 10.0.